The Hall–Kier alpha value is -1.28. The molecule has 0 aliphatic carbocycles. The highest BCUT2D eigenvalue weighted by atomic mass is 32.2. The van der Waals surface area contributed by atoms with E-state index < -0.39 is 0 Å². The van der Waals surface area contributed by atoms with Gasteiger partial charge in [-0.15, -0.1) is 0 Å². The average Bonchev–Trinajstić information content (AvgIpc) is 2.29. The van der Waals surface area contributed by atoms with E-state index in [4.69, 9.17) is 5.26 Å². The molecule has 5 heteroatoms. The number of anilines is 1. The van der Waals surface area contributed by atoms with Crippen LogP contribution in [0.5, 0.6) is 0 Å². The molecule has 4 nitrogen and oxygen atoms in total. The van der Waals surface area contributed by atoms with Crippen LogP contribution < -0.4 is 4.90 Å². The number of rotatable bonds is 1. The first-order valence-electron chi connectivity index (χ1n) is 4.88. The minimum absolute atomic E-state index is 0.454. The fourth-order valence-corrected chi connectivity index (χ4v) is 2.42. The Morgan fingerprint density at radius 3 is 2.80 bits per heavy atom. The van der Waals surface area contributed by atoms with Crippen LogP contribution in [-0.2, 0) is 0 Å². The first-order chi connectivity index (χ1) is 7.29. The van der Waals surface area contributed by atoms with Crippen molar-refractivity contribution in [2.45, 2.75) is 6.92 Å². The summed E-state index contributed by atoms with van der Waals surface area (Å²) < 4.78 is 0. The molecular weight excluding hydrogens is 208 g/mol. The normalized spacial score (nSPS) is 16.1. The molecule has 2 rings (SSSR count). The summed E-state index contributed by atoms with van der Waals surface area (Å²) in [4.78, 5) is 10.7. The Morgan fingerprint density at radius 1 is 1.40 bits per heavy atom. The Balaban J connectivity index is 2.27. The Labute approximate surface area is 93.3 Å². The molecule has 0 radical (unpaired) electrons. The number of nitrogens with zero attached hydrogens (tertiary/aromatic N) is 4. The summed E-state index contributed by atoms with van der Waals surface area (Å²) in [6, 6.07) is 3.77. The molecule has 0 N–H and O–H groups in total. The lowest BCUT2D eigenvalue weighted by Crippen LogP contribution is -2.34. The lowest BCUT2D eigenvalue weighted by Gasteiger charge is -2.26. The highest BCUT2D eigenvalue weighted by Gasteiger charge is 2.14. The molecule has 0 bridgehead atoms. The summed E-state index contributed by atoms with van der Waals surface area (Å²) in [5, 5.41) is 8.82. The summed E-state index contributed by atoms with van der Waals surface area (Å²) in [6.45, 7) is 3.84. The first-order valence-corrected chi connectivity index (χ1v) is 6.03. The van der Waals surface area contributed by atoms with Gasteiger partial charge < -0.3 is 4.90 Å². The number of hydrogen-bond acceptors (Lipinski definition) is 5. The molecule has 1 aromatic rings. The third kappa shape index (κ3) is 2.39. The van der Waals surface area contributed by atoms with E-state index in [0.29, 0.717) is 11.6 Å². The summed E-state index contributed by atoms with van der Waals surface area (Å²) in [5.41, 5.74) is 1.31. The maximum absolute atomic E-state index is 8.82. The fraction of sp³-hybridized carbons (Fsp3) is 0.500. The zero-order valence-electron chi connectivity index (χ0n) is 8.60. The Morgan fingerprint density at radius 2 is 2.13 bits per heavy atom. The van der Waals surface area contributed by atoms with Gasteiger partial charge in [-0.05, 0) is 13.0 Å². The molecule has 1 aromatic heterocycles. The predicted molar refractivity (Wildman–Crippen MR) is 61.0 cm³/mol. The van der Waals surface area contributed by atoms with Crippen LogP contribution in [0.4, 0.5) is 5.95 Å². The number of hydrogen-bond donors (Lipinski definition) is 0. The van der Waals surface area contributed by atoms with E-state index >= 15 is 0 Å². The van der Waals surface area contributed by atoms with E-state index in [9.17, 15) is 0 Å². The predicted octanol–water partition coefficient (Wildman–Crippen LogP) is 1.21. The van der Waals surface area contributed by atoms with Crippen molar-refractivity contribution in [1.82, 2.24) is 9.97 Å². The minimum Gasteiger partial charge on any atom is -0.339 e. The van der Waals surface area contributed by atoms with Crippen molar-refractivity contribution in [3.63, 3.8) is 0 Å². The minimum atomic E-state index is 0.454. The van der Waals surface area contributed by atoms with Gasteiger partial charge in [0.15, 0.2) is 0 Å². The SMILES string of the molecule is Cc1cc(C#N)nc(N2CCSCC2)n1. The van der Waals surface area contributed by atoms with Gasteiger partial charge in [-0.1, -0.05) is 0 Å². The average molecular weight is 220 g/mol. The smallest absolute Gasteiger partial charge is 0.226 e. The summed E-state index contributed by atoms with van der Waals surface area (Å²) >= 11 is 1.95. The topological polar surface area (TPSA) is 52.8 Å². The zero-order chi connectivity index (χ0) is 10.7. The molecule has 0 aromatic carbocycles. The van der Waals surface area contributed by atoms with E-state index in [0.717, 1.165) is 30.3 Å². The van der Waals surface area contributed by atoms with Crippen LogP contribution in [-0.4, -0.2) is 34.6 Å². The van der Waals surface area contributed by atoms with Crippen molar-refractivity contribution in [2.75, 3.05) is 29.5 Å². The first kappa shape index (κ1) is 10.2. The van der Waals surface area contributed by atoms with Crippen molar-refractivity contribution in [2.24, 2.45) is 0 Å². The molecule has 2 heterocycles. The van der Waals surface area contributed by atoms with E-state index in [1.54, 1.807) is 6.07 Å². The molecular formula is C10H12N4S. The molecule has 1 aliphatic heterocycles. The van der Waals surface area contributed by atoms with Crippen molar-refractivity contribution in [3.8, 4) is 6.07 Å². The van der Waals surface area contributed by atoms with Gasteiger partial charge in [-0.3, -0.25) is 0 Å². The maximum Gasteiger partial charge on any atom is 0.226 e. The van der Waals surface area contributed by atoms with E-state index in [1.165, 1.54) is 0 Å². The molecule has 0 saturated carbocycles. The van der Waals surface area contributed by atoms with Gasteiger partial charge >= 0.3 is 0 Å². The molecule has 78 valence electrons. The fourth-order valence-electron chi connectivity index (χ4n) is 1.51. The van der Waals surface area contributed by atoms with Crippen LogP contribution >= 0.6 is 11.8 Å². The highest BCUT2D eigenvalue weighted by molar-refractivity contribution is 7.99. The van der Waals surface area contributed by atoms with Crippen LogP contribution in [0.25, 0.3) is 0 Å². The van der Waals surface area contributed by atoms with Crippen molar-refractivity contribution in [3.05, 3.63) is 17.5 Å². The number of thioether (sulfide) groups is 1. The van der Waals surface area contributed by atoms with Crippen LogP contribution in [0, 0.1) is 18.3 Å². The van der Waals surface area contributed by atoms with E-state index in [1.807, 2.05) is 18.7 Å². The van der Waals surface area contributed by atoms with Crippen LogP contribution in [0.15, 0.2) is 6.07 Å². The van der Waals surface area contributed by atoms with Crippen LogP contribution in [0.3, 0.4) is 0 Å². The monoisotopic (exact) mass is 220 g/mol. The number of aromatic nitrogens is 2. The largest absolute Gasteiger partial charge is 0.339 e. The van der Waals surface area contributed by atoms with Crippen molar-refractivity contribution >= 4 is 17.7 Å². The van der Waals surface area contributed by atoms with Gasteiger partial charge in [0.2, 0.25) is 5.95 Å². The molecule has 0 unspecified atom stereocenters. The molecule has 0 amide bonds. The van der Waals surface area contributed by atoms with E-state index in [2.05, 4.69) is 20.9 Å². The second-order valence-electron chi connectivity index (χ2n) is 3.41. The maximum atomic E-state index is 8.82. The van der Waals surface area contributed by atoms with Crippen LogP contribution in [0.2, 0.25) is 0 Å². The molecule has 1 saturated heterocycles. The Bertz CT molecular complexity index is 393. The van der Waals surface area contributed by atoms with Gasteiger partial charge in [0.05, 0.1) is 0 Å². The van der Waals surface area contributed by atoms with Gasteiger partial charge in [0.25, 0.3) is 0 Å². The van der Waals surface area contributed by atoms with E-state index in [-0.39, 0.29) is 0 Å². The summed E-state index contributed by atoms with van der Waals surface area (Å²) in [7, 11) is 0. The molecule has 15 heavy (non-hydrogen) atoms. The van der Waals surface area contributed by atoms with Crippen molar-refractivity contribution < 1.29 is 0 Å². The number of aryl methyl sites for hydroxylation is 1. The third-order valence-electron chi connectivity index (χ3n) is 2.25. The second-order valence-corrected chi connectivity index (χ2v) is 4.63. The molecule has 0 atom stereocenters. The molecule has 1 aliphatic rings. The highest BCUT2D eigenvalue weighted by Crippen LogP contribution is 2.15. The quantitative estimate of drug-likeness (QED) is 0.712. The Kier molecular flexibility index (Phi) is 3.07. The summed E-state index contributed by atoms with van der Waals surface area (Å²) in [5.74, 6) is 2.92. The van der Waals surface area contributed by atoms with Gasteiger partial charge in [-0.2, -0.15) is 17.0 Å². The lowest BCUT2D eigenvalue weighted by molar-refractivity contribution is 0.808. The molecule has 1 fully saturated rings. The summed E-state index contributed by atoms with van der Waals surface area (Å²) in [6.07, 6.45) is 0. The van der Waals surface area contributed by atoms with Gasteiger partial charge in [-0.25, -0.2) is 9.97 Å². The second kappa shape index (κ2) is 4.49. The third-order valence-corrected chi connectivity index (χ3v) is 3.19. The number of nitriles is 1. The van der Waals surface area contributed by atoms with Crippen molar-refractivity contribution in [1.29, 1.82) is 5.26 Å². The molecule has 0 spiro atoms. The zero-order valence-corrected chi connectivity index (χ0v) is 9.42. The van der Waals surface area contributed by atoms with Crippen LogP contribution in [0.1, 0.15) is 11.4 Å². The van der Waals surface area contributed by atoms with Gasteiger partial charge in [0, 0.05) is 30.3 Å². The van der Waals surface area contributed by atoms with Gasteiger partial charge in [0.1, 0.15) is 11.8 Å². The standard InChI is InChI=1S/C10H12N4S/c1-8-6-9(7-11)13-10(12-8)14-2-4-15-5-3-14/h6H,2-5H2,1H3. The lowest BCUT2D eigenvalue weighted by atomic mass is 10.3.